The maximum Gasteiger partial charge on any atom is -0.00979 e. The van der Waals surface area contributed by atoms with Crippen LogP contribution in [0.1, 0.15) is 97.3 Å². The Morgan fingerprint density at radius 2 is 1.11 bits per heavy atom. The van der Waals surface area contributed by atoms with E-state index in [9.17, 15) is 0 Å². The average Bonchev–Trinajstić information content (AvgIpc) is 2.44. The van der Waals surface area contributed by atoms with Crippen LogP contribution in [0.3, 0.4) is 0 Å². The molecule has 0 atom stereocenters. The minimum absolute atomic E-state index is 1.07. The molecular formula is C18H38S. The molecular weight excluding hydrogens is 248 g/mol. The number of hydrogen-bond donors (Lipinski definition) is 1. The maximum atomic E-state index is 4.20. The summed E-state index contributed by atoms with van der Waals surface area (Å²) in [5.74, 6) is 1.07. The monoisotopic (exact) mass is 286 g/mol. The summed E-state index contributed by atoms with van der Waals surface area (Å²) in [6.45, 7) is 8.06. The Balaban J connectivity index is 0. The summed E-state index contributed by atoms with van der Waals surface area (Å²) in [7, 11) is 0. The summed E-state index contributed by atoms with van der Waals surface area (Å²) in [6.07, 6.45) is 19.9. The van der Waals surface area contributed by atoms with Gasteiger partial charge < -0.3 is 0 Å². The first-order valence-corrected chi connectivity index (χ1v) is 9.18. The second-order valence-corrected chi connectivity index (χ2v) is 5.78. The van der Waals surface area contributed by atoms with Gasteiger partial charge >= 0.3 is 0 Å². The molecule has 0 fully saturated rings. The molecule has 0 rings (SSSR count). The highest BCUT2D eigenvalue weighted by molar-refractivity contribution is 7.80. The third kappa shape index (κ3) is 27.3. The Bertz CT molecular complexity index is 133. The van der Waals surface area contributed by atoms with Gasteiger partial charge in [-0.05, 0) is 18.6 Å². The lowest BCUT2D eigenvalue weighted by atomic mass is 10.1. The zero-order valence-corrected chi connectivity index (χ0v) is 14.5. The zero-order chi connectivity index (χ0) is 14.6. The molecule has 19 heavy (non-hydrogen) atoms. The van der Waals surface area contributed by atoms with E-state index in [1.54, 1.807) is 0 Å². The molecule has 0 aromatic carbocycles. The van der Waals surface area contributed by atoms with Crippen LogP contribution in [0.25, 0.3) is 0 Å². The van der Waals surface area contributed by atoms with Crippen molar-refractivity contribution in [1.82, 2.24) is 0 Å². The van der Waals surface area contributed by atoms with E-state index in [1.165, 1.54) is 83.5 Å². The highest BCUT2D eigenvalue weighted by atomic mass is 32.1. The number of allylic oxidation sites excluding steroid dienone is 1. The Kier molecular flexibility index (Phi) is 26.1. The van der Waals surface area contributed by atoms with E-state index in [0.717, 1.165) is 5.75 Å². The fourth-order valence-corrected chi connectivity index (χ4v) is 2.17. The molecule has 0 bridgehead atoms. The topological polar surface area (TPSA) is 0 Å². The molecule has 0 aliphatic rings. The molecule has 0 aromatic rings. The van der Waals surface area contributed by atoms with Gasteiger partial charge in [-0.2, -0.15) is 12.6 Å². The van der Waals surface area contributed by atoms with Crippen LogP contribution in [-0.4, -0.2) is 5.75 Å². The molecule has 0 spiro atoms. The van der Waals surface area contributed by atoms with Crippen molar-refractivity contribution in [3.05, 3.63) is 12.7 Å². The fourth-order valence-electron chi connectivity index (χ4n) is 1.95. The molecule has 0 saturated heterocycles. The molecule has 0 heterocycles. The predicted octanol–water partition coefficient (Wildman–Crippen LogP) is 7.20. The van der Waals surface area contributed by atoms with Gasteiger partial charge in [0.05, 0.1) is 0 Å². The van der Waals surface area contributed by atoms with Gasteiger partial charge in [-0.15, -0.1) is 6.58 Å². The molecule has 0 saturated carbocycles. The van der Waals surface area contributed by atoms with Gasteiger partial charge in [0.2, 0.25) is 0 Å². The molecule has 0 amide bonds. The van der Waals surface area contributed by atoms with E-state index in [-0.39, 0.29) is 0 Å². The van der Waals surface area contributed by atoms with Crippen LogP contribution in [0.2, 0.25) is 0 Å². The summed E-state index contributed by atoms with van der Waals surface area (Å²) < 4.78 is 0. The van der Waals surface area contributed by atoms with Crippen molar-refractivity contribution in [1.29, 1.82) is 0 Å². The predicted molar refractivity (Wildman–Crippen MR) is 95.4 cm³/mol. The van der Waals surface area contributed by atoms with Crippen LogP contribution < -0.4 is 0 Å². The van der Waals surface area contributed by atoms with Gasteiger partial charge in [-0.1, -0.05) is 90.6 Å². The molecule has 1 heteroatoms. The summed E-state index contributed by atoms with van der Waals surface area (Å²) in [5.41, 5.74) is 0. The molecule has 0 unspecified atom stereocenters. The molecule has 116 valence electrons. The summed E-state index contributed by atoms with van der Waals surface area (Å²) in [5, 5.41) is 0. The second kappa shape index (κ2) is 23.2. The SMILES string of the molecule is C=CCCCC.CCCCCCCCCCCCS. The molecule has 0 aliphatic heterocycles. The maximum absolute atomic E-state index is 4.20. The average molecular weight is 287 g/mol. The molecule has 0 nitrogen and oxygen atoms in total. The standard InChI is InChI=1S/C12H26S.C6H12/c1-2-3-4-5-6-7-8-9-10-11-12-13;1-3-5-6-4-2/h13H,2-12H2,1H3;3H,1,4-6H2,2H3. The van der Waals surface area contributed by atoms with E-state index in [2.05, 4.69) is 33.1 Å². The van der Waals surface area contributed by atoms with Gasteiger partial charge in [0.1, 0.15) is 0 Å². The summed E-state index contributed by atoms with van der Waals surface area (Å²) in [6, 6.07) is 0. The summed E-state index contributed by atoms with van der Waals surface area (Å²) >= 11 is 4.20. The van der Waals surface area contributed by atoms with Crippen LogP contribution in [0.5, 0.6) is 0 Å². The van der Waals surface area contributed by atoms with Gasteiger partial charge in [0.15, 0.2) is 0 Å². The number of hydrogen-bond acceptors (Lipinski definition) is 1. The van der Waals surface area contributed by atoms with Gasteiger partial charge in [-0.3, -0.25) is 0 Å². The van der Waals surface area contributed by atoms with Crippen molar-refractivity contribution in [3.63, 3.8) is 0 Å². The molecule has 0 radical (unpaired) electrons. The van der Waals surface area contributed by atoms with Crippen molar-refractivity contribution < 1.29 is 0 Å². The highest BCUT2D eigenvalue weighted by Crippen LogP contribution is 2.10. The van der Waals surface area contributed by atoms with E-state index >= 15 is 0 Å². The normalized spacial score (nSPS) is 9.84. The molecule has 0 aliphatic carbocycles. The second-order valence-electron chi connectivity index (χ2n) is 5.34. The number of thiol groups is 1. The van der Waals surface area contributed by atoms with Crippen LogP contribution in [0, 0.1) is 0 Å². The fraction of sp³-hybridized carbons (Fsp3) is 0.889. The van der Waals surface area contributed by atoms with Crippen molar-refractivity contribution in [2.45, 2.75) is 97.3 Å². The lowest BCUT2D eigenvalue weighted by molar-refractivity contribution is 0.563. The van der Waals surface area contributed by atoms with Crippen LogP contribution >= 0.6 is 12.6 Å². The van der Waals surface area contributed by atoms with Crippen molar-refractivity contribution in [2.75, 3.05) is 5.75 Å². The van der Waals surface area contributed by atoms with E-state index in [1.807, 2.05) is 6.08 Å². The van der Waals surface area contributed by atoms with E-state index in [0.29, 0.717) is 0 Å². The Hall–Kier alpha value is 0.0900. The quantitative estimate of drug-likeness (QED) is 0.206. The van der Waals surface area contributed by atoms with Gasteiger partial charge in [-0.25, -0.2) is 0 Å². The van der Waals surface area contributed by atoms with Crippen molar-refractivity contribution in [3.8, 4) is 0 Å². The minimum atomic E-state index is 1.07. The first-order chi connectivity index (χ1) is 9.33. The largest absolute Gasteiger partial charge is 0.179 e. The zero-order valence-electron chi connectivity index (χ0n) is 13.6. The molecule has 0 aromatic heterocycles. The lowest BCUT2D eigenvalue weighted by Crippen LogP contribution is -1.81. The van der Waals surface area contributed by atoms with E-state index in [4.69, 9.17) is 0 Å². The number of rotatable bonds is 13. The first kappa shape index (κ1) is 21.4. The lowest BCUT2D eigenvalue weighted by Gasteiger charge is -2.00. The van der Waals surface area contributed by atoms with Crippen LogP contribution in [0.4, 0.5) is 0 Å². The Labute approximate surface area is 128 Å². The van der Waals surface area contributed by atoms with Crippen molar-refractivity contribution in [2.24, 2.45) is 0 Å². The highest BCUT2D eigenvalue weighted by Gasteiger charge is 1.91. The van der Waals surface area contributed by atoms with E-state index < -0.39 is 0 Å². The van der Waals surface area contributed by atoms with Crippen molar-refractivity contribution >= 4 is 12.6 Å². The summed E-state index contributed by atoms with van der Waals surface area (Å²) in [4.78, 5) is 0. The Morgan fingerprint density at radius 1 is 0.684 bits per heavy atom. The first-order valence-electron chi connectivity index (χ1n) is 8.55. The third-order valence-electron chi connectivity index (χ3n) is 3.27. The number of unbranched alkanes of at least 4 members (excludes halogenated alkanes) is 11. The minimum Gasteiger partial charge on any atom is -0.179 e. The van der Waals surface area contributed by atoms with Crippen LogP contribution in [0.15, 0.2) is 12.7 Å². The Morgan fingerprint density at radius 3 is 1.42 bits per heavy atom. The van der Waals surface area contributed by atoms with Crippen LogP contribution in [-0.2, 0) is 0 Å². The molecule has 0 N–H and O–H groups in total. The smallest absolute Gasteiger partial charge is 0.00979 e. The third-order valence-corrected chi connectivity index (χ3v) is 3.59. The van der Waals surface area contributed by atoms with Gasteiger partial charge in [0.25, 0.3) is 0 Å². The van der Waals surface area contributed by atoms with Gasteiger partial charge in [0, 0.05) is 0 Å².